The molecular weight excluding hydrogens is 192 g/mol. The highest BCUT2D eigenvalue weighted by Gasteiger charge is 2.52. The van der Waals surface area contributed by atoms with E-state index >= 15 is 0 Å². The van der Waals surface area contributed by atoms with Crippen molar-refractivity contribution in [3.63, 3.8) is 0 Å². The van der Waals surface area contributed by atoms with E-state index in [0.29, 0.717) is 18.7 Å². The summed E-state index contributed by atoms with van der Waals surface area (Å²) in [7, 11) is 1.75. The number of nitrogens with one attached hydrogen (secondary N) is 1. The summed E-state index contributed by atoms with van der Waals surface area (Å²) in [5.41, 5.74) is 0.0990. The zero-order chi connectivity index (χ0) is 11.1. The van der Waals surface area contributed by atoms with Crippen LogP contribution in [0.1, 0.15) is 20.3 Å². The Kier molecular flexibility index (Phi) is 2.73. The second-order valence-electron chi connectivity index (χ2n) is 5.06. The van der Waals surface area contributed by atoms with Gasteiger partial charge in [-0.25, -0.2) is 0 Å². The maximum Gasteiger partial charge on any atom is 0.236 e. The van der Waals surface area contributed by atoms with Crippen molar-refractivity contribution in [2.24, 2.45) is 5.41 Å². The summed E-state index contributed by atoms with van der Waals surface area (Å²) < 4.78 is 5.40. The monoisotopic (exact) mass is 212 g/mol. The lowest BCUT2D eigenvalue weighted by Crippen LogP contribution is -2.66. The van der Waals surface area contributed by atoms with Gasteiger partial charge in [-0.2, -0.15) is 0 Å². The van der Waals surface area contributed by atoms with Gasteiger partial charge in [0.25, 0.3) is 0 Å². The van der Waals surface area contributed by atoms with Crippen LogP contribution >= 0.6 is 0 Å². The summed E-state index contributed by atoms with van der Waals surface area (Å²) in [6, 6.07) is 0.358. The lowest BCUT2D eigenvalue weighted by molar-refractivity contribution is -0.163. The molecule has 4 nitrogen and oxygen atoms in total. The predicted octanol–water partition coefficient (Wildman–Crippen LogP) is 0.232. The van der Waals surface area contributed by atoms with Crippen molar-refractivity contribution in [1.82, 2.24) is 10.2 Å². The molecule has 1 amide bonds. The SMILES string of the molecule is COC1CC(N2CCNCC2=O)C1(C)C. The number of carbonyl (C=O) groups is 1. The average Bonchev–Trinajstić information content (AvgIpc) is 2.20. The highest BCUT2D eigenvalue weighted by Crippen LogP contribution is 2.45. The molecular formula is C11H20N2O2. The lowest BCUT2D eigenvalue weighted by atomic mass is 9.63. The summed E-state index contributed by atoms with van der Waals surface area (Å²) in [6.45, 7) is 6.61. The molecule has 0 spiro atoms. The summed E-state index contributed by atoms with van der Waals surface area (Å²) in [5, 5.41) is 3.10. The van der Waals surface area contributed by atoms with E-state index in [0.717, 1.165) is 19.5 Å². The van der Waals surface area contributed by atoms with Crippen LogP contribution in [0.4, 0.5) is 0 Å². The van der Waals surface area contributed by atoms with Crippen LogP contribution in [0.5, 0.6) is 0 Å². The molecule has 0 aromatic carbocycles. The van der Waals surface area contributed by atoms with Crippen LogP contribution < -0.4 is 5.32 Å². The topological polar surface area (TPSA) is 41.6 Å². The van der Waals surface area contributed by atoms with Gasteiger partial charge in [0.05, 0.1) is 12.6 Å². The molecule has 1 aliphatic heterocycles. The van der Waals surface area contributed by atoms with Crippen molar-refractivity contribution in [1.29, 1.82) is 0 Å². The van der Waals surface area contributed by atoms with E-state index in [9.17, 15) is 4.79 Å². The van der Waals surface area contributed by atoms with Gasteiger partial charge in [-0.3, -0.25) is 4.79 Å². The fourth-order valence-electron chi connectivity index (χ4n) is 2.74. The van der Waals surface area contributed by atoms with Crippen LogP contribution in [-0.4, -0.2) is 49.7 Å². The lowest BCUT2D eigenvalue weighted by Gasteiger charge is -2.56. The number of nitrogens with zero attached hydrogens (tertiary/aromatic N) is 1. The second kappa shape index (κ2) is 3.76. The predicted molar refractivity (Wildman–Crippen MR) is 57.6 cm³/mol. The standard InChI is InChI=1S/C11H20N2O2/c1-11(2)8(6-9(11)15-3)13-5-4-12-7-10(13)14/h8-9,12H,4-7H2,1-3H3. The summed E-state index contributed by atoms with van der Waals surface area (Å²) in [4.78, 5) is 13.8. The Hall–Kier alpha value is -0.610. The number of carbonyl (C=O) groups excluding carboxylic acids is 1. The van der Waals surface area contributed by atoms with Crippen molar-refractivity contribution in [3.8, 4) is 0 Å². The average molecular weight is 212 g/mol. The number of ether oxygens (including phenoxy) is 1. The third-order valence-electron chi connectivity index (χ3n) is 3.91. The number of hydrogen-bond acceptors (Lipinski definition) is 3. The van der Waals surface area contributed by atoms with Gasteiger partial charge in [0.15, 0.2) is 0 Å². The minimum absolute atomic E-state index is 0.0990. The zero-order valence-electron chi connectivity index (χ0n) is 9.75. The highest BCUT2D eigenvalue weighted by atomic mass is 16.5. The van der Waals surface area contributed by atoms with Crippen LogP contribution in [0.3, 0.4) is 0 Å². The van der Waals surface area contributed by atoms with Crippen molar-refractivity contribution >= 4 is 5.91 Å². The molecule has 2 unspecified atom stereocenters. The minimum Gasteiger partial charge on any atom is -0.381 e. The molecule has 2 aliphatic rings. The van der Waals surface area contributed by atoms with Gasteiger partial charge in [-0.1, -0.05) is 13.8 Å². The Labute approximate surface area is 91.0 Å². The number of hydrogen-bond donors (Lipinski definition) is 1. The van der Waals surface area contributed by atoms with E-state index in [4.69, 9.17) is 4.74 Å². The normalized spacial score (nSPS) is 35.1. The highest BCUT2D eigenvalue weighted by molar-refractivity contribution is 5.79. The second-order valence-corrected chi connectivity index (χ2v) is 5.06. The van der Waals surface area contributed by atoms with Crippen molar-refractivity contribution in [2.45, 2.75) is 32.4 Å². The van der Waals surface area contributed by atoms with Gasteiger partial charge >= 0.3 is 0 Å². The quantitative estimate of drug-likeness (QED) is 0.712. The summed E-state index contributed by atoms with van der Waals surface area (Å²) in [6.07, 6.45) is 1.28. The summed E-state index contributed by atoms with van der Waals surface area (Å²) in [5.74, 6) is 0.230. The minimum atomic E-state index is 0.0990. The molecule has 2 fully saturated rings. The van der Waals surface area contributed by atoms with E-state index < -0.39 is 0 Å². The van der Waals surface area contributed by atoms with Crippen LogP contribution in [0.25, 0.3) is 0 Å². The number of methoxy groups -OCH3 is 1. The Balaban J connectivity index is 2.03. The maximum absolute atomic E-state index is 11.7. The first kappa shape index (κ1) is 10.9. The van der Waals surface area contributed by atoms with Gasteiger partial charge in [-0.05, 0) is 6.42 Å². The maximum atomic E-state index is 11.7. The van der Waals surface area contributed by atoms with E-state index in [1.165, 1.54) is 0 Å². The molecule has 0 bridgehead atoms. The Morgan fingerprint density at radius 3 is 2.80 bits per heavy atom. The Morgan fingerprint density at radius 1 is 1.53 bits per heavy atom. The molecule has 2 rings (SSSR count). The van der Waals surface area contributed by atoms with Gasteiger partial charge in [0.1, 0.15) is 0 Å². The molecule has 1 aliphatic carbocycles. The summed E-state index contributed by atoms with van der Waals surface area (Å²) >= 11 is 0. The van der Waals surface area contributed by atoms with Crippen LogP contribution in [0.2, 0.25) is 0 Å². The largest absolute Gasteiger partial charge is 0.381 e. The molecule has 1 N–H and O–H groups in total. The number of rotatable bonds is 2. The van der Waals surface area contributed by atoms with Gasteiger partial charge in [0.2, 0.25) is 5.91 Å². The number of piperazine rings is 1. The van der Waals surface area contributed by atoms with Crippen LogP contribution in [0, 0.1) is 5.41 Å². The van der Waals surface area contributed by atoms with Gasteiger partial charge in [-0.15, -0.1) is 0 Å². The molecule has 0 aromatic rings. The van der Waals surface area contributed by atoms with Crippen LogP contribution in [-0.2, 0) is 9.53 Å². The van der Waals surface area contributed by atoms with Gasteiger partial charge < -0.3 is 15.0 Å². The van der Waals surface area contributed by atoms with E-state index in [-0.39, 0.29) is 11.3 Å². The fraction of sp³-hybridized carbons (Fsp3) is 0.909. The third-order valence-corrected chi connectivity index (χ3v) is 3.91. The molecule has 4 heteroatoms. The smallest absolute Gasteiger partial charge is 0.236 e. The molecule has 0 aromatic heterocycles. The van der Waals surface area contributed by atoms with Crippen molar-refractivity contribution < 1.29 is 9.53 Å². The van der Waals surface area contributed by atoms with Crippen LogP contribution in [0.15, 0.2) is 0 Å². The Morgan fingerprint density at radius 2 is 2.27 bits per heavy atom. The molecule has 86 valence electrons. The van der Waals surface area contributed by atoms with E-state index in [1.807, 2.05) is 4.90 Å². The Bertz CT molecular complexity index is 265. The van der Waals surface area contributed by atoms with Gasteiger partial charge in [0, 0.05) is 31.7 Å². The van der Waals surface area contributed by atoms with Crippen molar-refractivity contribution in [2.75, 3.05) is 26.7 Å². The first-order chi connectivity index (χ1) is 7.07. The molecule has 1 saturated carbocycles. The molecule has 1 heterocycles. The van der Waals surface area contributed by atoms with Crippen molar-refractivity contribution in [3.05, 3.63) is 0 Å². The first-order valence-electron chi connectivity index (χ1n) is 5.60. The fourth-order valence-corrected chi connectivity index (χ4v) is 2.74. The molecule has 15 heavy (non-hydrogen) atoms. The molecule has 2 atom stereocenters. The zero-order valence-corrected chi connectivity index (χ0v) is 9.75. The van der Waals surface area contributed by atoms with E-state index in [2.05, 4.69) is 19.2 Å². The molecule has 0 radical (unpaired) electrons. The molecule has 1 saturated heterocycles. The number of amides is 1. The third kappa shape index (κ3) is 1.66. The first-order valence-corrected chi connectivity index (χ1v) is 5.60. The van der Waals surface area contributed by atoms with E-state index in [1.54, 1.807) is 7.11 Å².